The highest BCUT2D eigenvalue weighted by Gasteiger charge is 2.36. The van der Waals surface area contributed by atoms with E-state index in [0.29, 0.717) is 46.6 Å². The van der Waals surface area contributed by atoms with Crippen LogP contribution in [0.5, 0.6) is 0 Å². The third kappa shape index (κ3) is 5.33. The topological polar surface area (TPSA) is 133 Å². The molecular weight excluding hydrogens is 575 g/mol. The molecule has 5 rings (SSSR count). The second kappa shape index (κ2) is 10.2. The quantitative estimate of drug-likeness (QED) is 0.286. The van der Waals surface area contributed by atoms with Crippen molar-refractivity contribution >= 4 is 68.0 Å². The Morgan fingerprint density at radius 2 is 1.77 bits per heavy atom. The molecule has 1 aromatic heterocycles. The summed E-state index contributed by atoms with van der Waals surface area (Å²) in [6.07, 6.45) is 2.40. The highest BCUT2D eigenvalue weighted by atomic mass is 35.5. The van der Waals surface area contributed by atoms with Crippen LogP contribution in [0.2, 0.25) is 10.0 Å². The summed E-state index contributed by atoms with van der Waals surface area (Å²) in [5.74, 6) is -1.95. The van der Waals surface area contributed by atoms with Crippen molar-refractivity contribution in [1.29, 1.82) is 0 Å². The number of rotatable bonds is 7. The van der Waals surface area contributed by atoms with Crippen LogP contribution < -0.4 is 5.32 Å². The number of amides is 1. The van der Waals surface area contributed by atoms with E-state index in [1.165, 1.54) is 18.2 Å². The molecule has 0 saturated heterocycles. The molecule has 0 saturated carbocycles. The summed E-state index contributed by atoms with van der Waals surface area (Å²) in [4.78, 5) is 40.7. The number of anilines is 1. The van der Waals surface area contributed by atoms with Crippen LogP contribution in [0.15, 0.2) is 41.3 Å². The highest BCUT2D eigenvalue weighted by Crippen LogP contribution is 2.40. The lowest BCUT2D eigenvalue weighted by Crippen LogP contribution is -2.27. The van der Waals surface area contributed by atoms with Crippen LogP contribution in [0.1, 0.15) is 65.1 Å². The molecule has 3 N–H and O–H groups in total. The fourth-order valence-corrected chi connectivity index (χ4v) is 7.48. The fraction of sp³-hybridized carbons (Fsp3) is 0.276. The number of nitrogens with one attached hydrogen (secondary N) is 2. The number of carboxylic acid groups (broad SMARTS) is 1. The number of carboxylic acids is 1. The summed E-state index contributed by atoms with van der Waals surface area (Å²) in [6.45, 7) is 3.98. The minimum atomic E-state index is -3.90. The predicted molar refractivity (Wildman–Crippen MR) is 153 cm³/mol. The third-order valence-corrected chi connectivity index (χ3v) is 9.54. The number of carbonyl (C=O) groups is 3. The van der Waals surface area contributed by atoms with E-state index in [9.17, 15) is 27.9 Å². The number of aromatic amines is 1. The molecule has 2 heterocycles. The molecule has 0 radical (unpaired) electrons. The zero-order valence-corrected chi connectivity index (χ0v) is 24.1. The Morgan fingerprint density at radius 3 is 2.45 bits per heavy atom. The fourth-order valence-electron chi connectivity index (χ4n) is 5.36. The summed E-state index contributed by atoms with van der Waals surface area (Å²) in [5.41, 5.74) is 3.23. The molecule has 0 spiro atoms. The average molecular weight is 602 g/mol. The number of aromatic nitrogens is 1. The molecule has 1 aliphatic heterocycles. The highest BCUT2D eigenvalue weighted by molar-refractivity contribution is 7.90. The number of benzene rings is 2. The molecule has 0 atom stereocenters. The first kappa shape index (κ1) is 28.1. The molecule has 3 aromatic rings. The molecule has 0 fully saturated rings. The average Bonchev–Trinajstić information content (AvgIpc) is 3.35. The van der Waals surface area contributed by atoms with Gasteiger partial charge < -0.3 is 15.4 Å². The maximum Gasteiger partial charge on any atom is 0.303 e. The van der Waals surface area contributed by atoms with Crippen LogP contribution in [0, 0.1) is 5.41 Å². The molecule has 8 nitrogen and oxygen atoms in total. The zero-order valence-electron chi connectivity index (χ0n) is 21.7. The molecule has 11 heteroatoms. The van der Waals surface area contributed by atoms with Gasteiger partial charge in [-0.25, -0.2) is 8.42 Å². The van der Waals surface area contributed by atoms with Crippen molar-refractivity contribution in [3.63, 3.8) is 0 Å². The van der Waals surface area contributed by atoms with Crippen molar-refractivity contribution in [3.05, 3.63) is 80.1 Å². The summed E-state index contributed by atoms with van der Waals surface area (Å²) >= 11 is 12.4. The number of aliphatic carboxylic acids is 1. The predicted octanol–water partition coefficient (Wildman–Crippen LogP) is 5.96. The Kier molecular flexibility index (Phi) is 7.18. The van der Waals surface area contributed by atoms with Crippen LogP contribution in [-0.4, -0.2) is 36.2 Å². The number of sulfone groups is 1. The van der Waals surface area contributed by atoms with Gasteiger partial charge in [0.1, 0.15) is 0 Å². The van der Waals surface area contributed by atoms with Gasteiger partial charge in [0.15, 0.2) is 15.6 Å². The molecule has 40 heavy (non-hydrogen) atoms. The van der Waals surface area contributed by atoms with Gasteiger partial charge in [0.2, 0.25) is 0 Å². The summed E-state index contributed by atoms with van der Waals surface area (Å²) < 4.78 is 26.7. The molecule has 2 aliphatic rings. The van der Waals surface area contributed by atoms with E-state index in [-0.39, 0.29) is 50.1 Å². The lowest BCUT2D eigenvalue weighted by molar-refractivity contribution is -0.137. The maximum atomic E-state index is 13.3. The van der Waals surface area contributed by atoms with Gasteiger partial charge in [-0.2, -0.15) is 0 Å². The number of fused-ring (bicyclic) bond motifs is 2. The summed E-state index contributed by atoms with van der Waals surface area (Å²) in [7, 11) is -3.90. The van der Waals surface area contributed by atoms with Crippen molar-refractivity contribution in [1.82, 2.24) is 4.98 Å². The van der Waals surface area contributed by atoms with E-state index in [2.05, 4.69) is 10.3 Å². The number of carbonyl (C=O) groups excluding carboxylic acids is 2. The normalized spacial score (nSPS) is 17.1. The second-order valence-corrected chi connectivity index (χ2v) is 13.7. The van der Waals surface area contributed by atoms with Crippen molar-refractivity contribution in [2.75, 3.05) is 5.32 Å². The van der Waals surface area contributed by atoms with E-state index >= 15 is 0 Å². The van der Waals surface area contributed by atoms with Gasteiger partial charge >= 0.3 is 5.97 Å². The van der Waals surface area contributed by atoms with Gasteiger partial charge in [-0.1, -0.05) is 43.1 Å². The van der Waals surface area contributed by atoms with Gasteiger partial charge in [-0.3, -0.25) is 14.4 Å². The number of H-pyrrole nitrogens is 1. The Bertz CT molecular complexity index is 1720. The van der Waals surface area contributed by atoms with Crippen molar-refractivity contribution in [3.8, 4) is 0 Å². The minimum Gasteiger partial charge on any atom is -0.481 e. The number of hydrogen-bond donors (Lipinski definition) is 3. The van der Waals surface area contributed by atoms with Crippen LogP contribution in [0.3, 0.4) is 0 Å². The van der Waals surface area contributed by atoms with Crippen molar-refractivity contribution in [2.45, 2.75) is 50.2 Å². The summed E-state index contributed by atoms with van der Waals surface area (Å²) in [5, 5.41) is 12.5. The van der Waals surface area contributed by atoms with Gasteiger partial charge in [0.25, 0.3) is 5.91 Å². The molecule has 2 aromatic carbocycles. The zero-order chi connectivity index (χ0) is 29.0. The summed E-state index contributed by atoms with van der Waals surface area (Å²) in [6, 6.07) is 9.11. The number of Topliss-reactive ketones (excluding diaryl/α,β-unsaturated/α-hetero) is 1. The largest absolute Gasteiger partial charge is 0.481 e. The number of halogens is 2. The monoisotopic (exact) mass is 600 g/mol. The van der Waals surface area contributed by atoms with Gasteiger partial charge in [0, 0.05) is 56.7 Å². The molecule has 1 amide bonds. The smallest absolute Gasteiger partial charge is 0.303 e. The van der Waals surface area contributed by atoms with E-state index in [1.54, 1.807) is 24.3 Å². The van der Waals surface area contributed by atoms with Crippen LogP contribution in [0.25, 0.3) is 11.6 Å². The van der Waals surface area contributed by atoms with E-state index < -0.39 is 27.5 Å². The van der Waals surface area contributed by atoms with Crippen LogP contribution in [0.4, 0.5) is 5.69 Å². The van der Waals surface area contributed by atoms with Gasteiger partial charge in [-0.15, -0.1) is 0 Å². The molecule has 0 unspecified atom stereocenters. The van der Waals surface area contributed by atoms with Crippen molar-refractivity contribution in [2.24, 2.45) is 5.41 Å². The Labute approximate surface area is 241 Å². The molecule has 208 valence electrons. The molecule has 0 bridgehead atoms. The minimum absolute atomic E-state index is 0.0153. The lowest BCUT2D eigenvalue weighted by Gasteiger charge is -2.28. The van der Waals surface area contributed by atoms with E-state index in [4.69, 9.17) is 23.2 Å². The lowest BCUT2D eigenvalue weighted by atomic mass is 9.75. The van der Waals surface area contributed by atoms with Crippen LogP contribution in [-0.2, 0) is 38.0 Å². The SMILES string of the molecule is CC1(C)CC(=O)c2c([nH]c(/C=C3\C(=O)Nc4ccc(S(=O)(=O)Cc5c(Cl)cccc5Cl)cc43)c2CCC(=O)O)C1. The number of ketones is 1. The Morgan fingerprint density at radius 1 is 1.07 bits per heavy atom. The van der Waals surface area contributed by atoms with Crippen LogP contribution >= 0.6 is 23.2 Å². The first-order valence-electron chi connectivity index (χ1n) is 12.6. The third-order valence-electron chi connectivity index (χ3n) is 7.19. The standard InChI is InChI=1S/C29H26Cl2N2O6S/c1-29(2)12-24-27(25(34)13-29)16(7-9-26(35)36)23(32-24)11-18-17-10-15(6-8-22(17)33-28(18)37)40(38,39)14-19-20(30)4-3-5-21(19)31/h3-6,8,10-11,32H,7,9,12-14H2,1-2H3,(H,33,37)(H,35,36)/b18-11-. The Balaban J connectivity index is 1.58. The maximum absolute atomic E-state index is 13.3. The van der Waals surface area contributed by atoms with E-state index in [1.807, 2.05) is 13.8 Å². The number of hydrogen-bond acceptors (Lipinski definition) is 5. The first-order valence-corrected chi connectivity index (χ1v) is 15.0. The first-order chi connectivity index (χ1) is 18.8. The Hall–Kier alpha value is -3.40. The molecular formula is C29H26Cl2N2O6S. The van der Waals surface area contributed by atoms with Gasteiger partial charge in [-0.05, 0) is 60.2 Å². The van der Waals surface area contributed by atoms with Gasteiger partial charge in [0.05, 0.1) is 16.2 Å². The second-order valence-electron chi connectivity index (χ2n) is 10.9. The van der Waals surface area contributed by atoms with E-state index in [0.717, 1.165) is 0 Å². The van der Waals surface area contributed by atoms with Crippen molar-refractivity contribution < 1.29 is 27.9 Å². The molecule has 1 aliphatic carbocycles.